The molecule has 6 N–H and O–H groups in total. The molecule has 0 amide bonds. The van der Waals surface area contributed by atoms with Gasteiger partial charge in [-0.2, -0.15) is 0 Å². The van der Waals surface area contributed by atoms with Crippen molar-refractivity contribution >= 4 is 11.4 Å². The minimum atomic E-state index is -0.672. The van der Waals surface area contributed by atoms with Crippen LogP contribution >= 0.6 is 0 Å². The van der Waals surface area contributed by atoms with Gasteiger partial charge < -0.3 is 26.9 Å². The zero-order chi connectivity index (χ0) is 21.3. The monoisotopic (exact) mass is 416 g/mol. The maximum atomic E-state index is 6.89. The zero-order valence-corrected chi connectivity index (χ0v) is 17.4. The van der Waals surface area contributed by atoms with Crippen molar-refractivity contribution in [2.75, 3.05) is 10.7 Å². The Balaban J connectivity index is 1.40. The summed E-state index contributed by atoms with van der Waals surface area (Å²) in [5.74, 6) is 2.65. The number of nitrogens with two attached hydrogens (primary N) is 2. The molecular weight excluding hydrogens is 388 g/mol. The number of imidazole rings is 1. The highest BCUT2D eigenvalue weighted by Crippen LogP contribution is 2.35. The van der Waals surface area contributed by atoms with E-state index in [4.69, 9.17) is 16.2 Å². The van der Waals surface area contributed by atoms with Crippen LogP contribution in [0.3, 0.4) is 0 Å². The molecule has 31 heavy (non-hydrogen) atoms. The third-order valence-electron chi connectivity index (χ3n) is 6.12. The van der Waals surface area contributed by atoms with E-state index in [1.54, 1.807) is 6.20 Å². The second-order valence-corrected chi connectivity index (χ2v) is 8.40. The second-order valence-electron chi connectivity index (χ2n) is 8.40. The average Bonchev–Trinajstić information content (AvgIpc) is 3.23. The Bertz CT molecular complexity index is 1070. The van der Waals surface area contributed by atoms with Crippen LogP contribution in [0, 0.1) is 5.92 Å². The number of hydrogen-bond acceptors (Lipinski definition) is 6. The fourth-order valence-corrected chi connectivity index (χ4v) is 4.45. The Morgan fingerprint density at radius 1 is 1.03 bits per heavy atom. The van der Waals surface area contributed by atoms with Crippen molar-refractivity contribution in [2.45, 2.75) is 37.4 Å². The van der Waals surface area contributed by atoms with Crippen LogP contribution in [-0.4, -0.2) is 21.4 Å². The molecule has 0 bridgehead atoms. The number of fused-ring (bicyclic) bond motifs is 1. The lowest BCUT2D eigenvalue weighted by atomic mass is 9.78. The van der Waals surface area contributed by atoms with E-state index in [-0.39, 0.29) is 6.04 Å². The van der Waals surface area contributed by atoms with Gasteiger partial charge in [-0.1, -0.05) is 24.3 Å². The van der Waals surface area contributed by atoms with Crippen molar-refractivity contribution in [3.63, 3.8) is 0 Å². The van der Waals surface area contributed by atoms with E-state index in [2.05, 4.69) is 21.8 Å². The maximum absolute atomic E-state index is 6.89. The number of anilines is 1. The molecule has 1 atom stereocenters. The van der Waals surface area contributed by atoms with Crippen molar-refractivity contribution < 1.29 is 4.74 Å². The molecule has 0 radical (unpaired) electrons. The second kappa shape index (κ2) is 8.09. The lowest BCUT2D eigenvalue weighted by molar-refractivity contribution is 0.239. The third-order valence-corrected chi connectivity index (χ3v) is 6.12. The van der Waals surface area contributed by atoms with Gasteiger partial charge in [0.15, 0.2) is 5.82 Å². The van der Waals surface area contributed by atoms with E-state index >= 15 is 0 Å². The molecule has 2 aliphatic rings. The SMILES string of the molecule is NC1CCC(C2(N)C=C(Nc3cccc(Oc4ccccc4)c3)c3nccn3N2)CC1. The Labute approximate surface area is 182 Å². The quantitative estimate of drug-likeness (QED) is 0.504. The van der Waals surface area contributed by atoms with E-state index in [0.29, 0.717) is 5.92 Å². The number of benzene rings is 2. The summed E-state index contributed by atoms with van der Waals surface area (Å²) >= 11 is 0. The summed E-state index contributed by atoms with van der Waals surface area (Å²) in [6.07, 6.45) is 9.73. The minimum Gasteiger partial charge on any atom is -0.457 e. The molecule has 2 heterocycles. The van der Waals surface area contributed by atoms with E-state index in [0.717, 1.165) is 54.4 Å². The van der Waals surface area contributed by atoms with E-state index < -0.39 is 5.66 Å². The molecule has 1 unspecified atom stereocenters. The van der Waals surface area contributed by atoms with E-state index in [1.165, 1.54) is 0 Å². The molecule has 1 aliphatic heterocycles. The van der Waals surface area contributed by atoms with Gasteiger partial charge in [0.1, 0.15) is 17.2 Å². The van der Waals surface area contributed by atoms with Crippen LogP contribution < -0.4 is 26.9 Å². The van der Waals surface area contributed by atoms with Gasteiger partial charge in [-0.15, -0.1) is 0 Å². The fourth-order valence-electron chi connectivity index (χ4n) is 4.45. The van der Waals surface area contributed by atoms with Gasteiger partial charge in [-0.05, 0) is 56.0 Å². The average molecular weight is 417 g/mol. The van der Waals surface area contributed by atoms with Gasteiger partial charge in [0.25, 0.3) is 0 Å². The van der Waals surface area contributed by atoms with Gasteiger partial charge in [-0.3, -0.25) is 0 Å². The zero-order valence-electron chi connectivity index (χ0n) is 17.4. The van der Waals surface area contributed by atoms with Gasteiger partial charge in [-0.25, -0.2) is 9.66 Å². The van der Waals surface area contributed by atoms with Crippen molar-refractivity contribution in [3.8, 4) is 11.5 Å². The topological polar surface area (TPSA) is 103 Å². The molecular formula is C24H28N6O. The summed E-state index contributed by atoms with van der Waals surface area (Å²) in [4.78, 5) is 4.51. The lowest BCUT2D eigenvalue weighted by Gasteiger charge is -2.42. The van der Waals surface area contributed by atoms with Gasteiger partial charge in [0, 0.05) is 36.1 Å². The predicted molar refractivity (Wildman–Crippen MR) is 123 cm³/mol. The Kier molecular flexibility index (Phi) is 5.13. The standard InChI is InChI=1S/C24H28N6O/c25-18-11-9-17(10-12-18)24(26)16-22(23-27-13-14-30(23)29-24)28-19-5-4-8-21(15-19)31-20-6-2-1-3-7-20/h1-8,13-18,28-29H,9-12,25-26H2. The molecule has 2 aromatic carbocycles. The molecule has 1 aliphatic carbocycles. The van der Waals surface area contributed by atoms with Crippen molar-refractivity contribution in [2.24, 2.45) is 17.4 Å². The molecule has 3 aromatic rings. The van der Waals surface area contributed by atoms with Crippen LogP contribution in [0.4, 0.5) is 5.69 Å². The lowest BCUT2D eigenvalue weighted by Crippen LogP contribution is -2.58. The molecule has 1 fully saturated rings. The number of para-hydroxylation sites is 1. The third kappa shape index (κ3) is 4.15. The largest absolute Gasteiger partial charge is 0.457 e. The molecule has 1 saturated carbocycles. The summed E-state index contributed by atoms with van der Waals surface area (Å²) in [6, 6.07) is 17.9. The van der Waals surface area contributed by atoms with Crippen LogP contribution in [0.25, 0.3) is 5.70 Å². The van der Waals surface area contributed by atoms with Gasteiger partial charge >= 0.3 is 0 Å². The van der Waals surface area contributed by atoms with Crippen LogP contribution in [0.1, 0.15) is 31.5 Å². The predicted octanol–water partition coefficient (Wildman–Crippen LogP) is 3.86. The van der Waals surface area contributed by atoms with Crippen LogP contribution in [0.15, 0.2) is 73.1 Å². The normalized spacial score (nSPS) is 25.2. The summed E-state index contributed by atoms with van der Waals surface area (Å²) in [5, 5.41) is 3.51. The van der Waals surface area contributed by atoms with Crippen LogP contribution in [0.5, 0.6) is 11.5 Å². The van der Waals surface area contributed by atoms with Crippen molar-refractivity contribution in [1.29, 1.82) is 0 Å². The number of aromatic nitrogens is 2. The molecule has 0 saturated heterocycles. The summed E-state index contributed by atoms with van der Waals surface area (Å²) < 4.78 is 7.88. The van der Waals surface area contributed by atoms with Crippen molar-refractivity contribution in [1.82, 2.24) is 9.66 Å². The Hall–Kier alpha value is -3.29. The number of rotatable bonds is 5. The highest BCUT2D eigenvalue weighted by Gasteiger charge is 2.39. The Morgan fingerprint density at radius 2 is 1.81 bits per heavy atom. The van der Waals surface area contributed by atoms with Crippen LogP contribution in [-0.2, 0) is 0 Å². The molecule has 1 aromatic heterocycles. The number of ether oxygens (including phenoxy) is 1. The van der Waals surface area contributed by atoms with Crippen molar-refractivity contribution in [3.05, 3.63) is 78.9 Å². The summed E-state index contributed by atoms with van der Waals surface area (Å²) in [5.41, 5.74) is 17.6. The van der Waals surface area contributed by atoms with Crippen LogP contribution in [0.2, 0.25) is 0 Å². The number of hydrogen-bond donors (Lipinski definition) is 4. The highest BCUT2D eigenvalue weighted by molar-refractivity contribution is 5.76. The first-order valence-electron chi connectivity index (χ1n) is 10.8. The first kappa shape index (κ1) is 19.7. The first-order chi connectivity index (χ1) is 15.1. The number of nitrogens with zero attached hydrogens (tertiary/aromatic N) is 2. The summed E-state index contributed by atoms with van der Waals surface area (Å²) in [7, 11) is 0. The fraction of sp³-hybridized carbons (Fsp3) is 0.292. The van der Waals surface area contributed by atoms with Gasteiger partial charge in [0.2, 0.25) is 0 Å². The highest BCUT2D eigenvalue weighted by atomic mass is 16.5. The number of nitrogens with one attached hydrogen (secondary N) is 2. The molecule has 5 rings (SSSR count). The first-order valence-corrected chi connectivity index (χ1v) is 10.8. The van der Waals surface area contributed by atoms with E-state index in [9.17, 15) is 0 Å². The smallest absolute Gasteiger partial charge is 0.174 e. The Morgan fingerprint density at radius 3 is 2.61 bits per heavy atom. The molecule has 0 spiro atoms. The molecule has 7 heteroatoms. The van der Waals surface area contributed by atoms with E-state index in [1.807, 2.05) is 65.5 Å². The molecule has 160 valence electrons. The maximum Gasteiger partial charge on any atom is 0.174 e. The van der Waals surface area contributed by atoms with Gasteiger partial charge in [0.05, 0.1) is 5.70 Å². The molecule has 7 nitrogen and oxygen atoms in total. The minimum absolute atomic E-state index is 0.279. The summed E-state index contributed by atoms with van der Waals surface area (Å²) in [6.45, 7) is 0.